The molecule has 2 N–H and O–H groups in total. The van der Waals surface area contributed by atoms with E-state index in [1.165, 1.54) is 38.1 Å². The zero-order valence-electron chi connectivity index (χ0n) is 33.7. The van der Waals surface area contributed by atoms with Gasteiger partial charge in [0.05, 0.1) is 32.9 Å². The second-order valence-corrected chi connectivity index (χ2v) is 21.5. The standard InChI is InChI=1S/C41H36ClF8N7O5S2/c1-40(2,63(3,59)60)11-10-22-4-7-24(25-8-9-28(42)33-36(25)56(17-30(45)46)54-39(33)55-64(61,62)23-5-6-23)34(51-22)29(14-19-12-20(43)15-21(44)13-19)52-31(58)18-57-37-32(35(53-57)38(47)48)26-16-27(26)41(37,49)50/h4,7-9,12-13,15,23,26-27,29-30,38H,5-6,14,16-18H2,1-3H3,(H,52,58)(H,54,55)/t26-,27+,29-/m0/s1. The predicted molar refractivity (Wildman–Crippen MR) is 218 cm³/mol. The summed E-state index contributed by atoms with van der Waals surface area (Å²) in [5.74, 6) is -3.94. The molecule has 3 aliphatic carbocycles. The number of carbonyl (C=O) groups excluding carboxylic acids is 1. The Balaban J connectivity index is 1.31. The molecule has 2 saturated carbocycles. The van der Waals surface area contributed by atoms with Gasteiger partial charge in [-0.15, -0.1) is 0 Å². The Kier molecular flexibility index (Phi) is 11.3. The molecule has 3 aliphatic rings. The highest BCUT2D eigenvalue weighted by Crippen LogP contribution is 2.68. The second-order valence-electron chi connectivity index (χ2n) is 16.5. The van der Waals surface area contributed by atoms with Crippen molar-refractivity contribution in [2.45, 2.75) is 93.4 Å². The van der Waals surface area contributed by atoms with Crippen molar-refractivity contribution in [2.75, 3.05) is 11.0 Å². The first-order valence-corrected chi connectivity index (χ1v) is 23.4. The lowest BCUT2D eigenvalue weighted by molar-refractivity contribution is -0.123. The van der Waals surface area contributed by atoms with Crippen LogP contribution >= 0.6 is 11.6 Å². The van der Waals surface area contributed by atoms with Crippen LogP contribution in [0.4, 0.5) is 40.9 Å². The predicted octanol–water partition coefficient (Wildman–Crippen LogP) is 7.82. The van der Waals surface area contributed by atoms with E-state index in [-0.39, 0.29) is 61.8 Å². The number of nitrogens with one attached hydrogen (secondary N) is 2. The number of hydrogen-bond donors (Lipinski definition) is 2. The van der Waals surface area contributed by atoms with Crippen LogP contribution in [-0.4, -0.2) is 70.0 Å². The Morgan fingerprint density at radius 2 is 1.64 bits per heavy atom. The van der Waals surface area contributed by atoms with Crippen LogP contribution in [0, 0.1) is 29.4 Å². The summed E-state index contributed by atoms with van der Waals surface area (Å²) in [5, 5.41) is 9.50. The number of carbonyl (C=O) groups is 1. The van der Waals surface area contributed by atoms with Crippen molar-refractivity contribution in [2.24, 2.45) is 5.92 Å². The number of aromatic nitrogens is 5. The molecule has 0 spiro atoms. The lowest BCUT2D eigenvalue weighted by Gasteiger charge is -2.23. The number of anilines is 1. The van der Waals surface area contributed by atoms with Gasteiger partial charge in [-0.2, -0.15) is 19.0 Å². The summed E-state index contributed by atoms with van der Waals surface area (Å²) in [6, 6.07) is 6.26. The molecule has 3 heterocycles. The number of benzene rings is 2. The monoisotopic (exact) mass is 957 g/mol. The second kappa shape index (κ2) is 16.0. The van der Waals surface area contributed by atoms with Gasteiger partial charge in [0.15, 0.2) is 15.7 Å². The number of pyridine rings is 1. The third-order valence-corrected chi connectivity index (χ3v) is 15.6. The van der Waals surface area contributed by atoms with Gasteiger partial charge in [-0.25, -0.2) is 48.2 Å². The molecule has 5 aromatic rings. The van der Waals surface area contributed by atoms with Gasteiger partial charge >= 0.3 is 0 Å². The number of hydrogen-bond acceptors (Lipinski definition) is 8. The first kappa shape index (κ1) is 45.3. The fourth-order valence-corrected chi connectivity index (χ4v) is 9.72. The number of alkyl halides is 6. The lowest BCUT2D eigenvalue weighted by Crippen LogP contribution is -2.35. The van der Waals surface area contributed by atoms with Gasteiger partial charge in [0.2, 0.25) is 15.9 Å². The molecule has 8 rings (SSSR count). The maximum absolute atomic E-state index is 15.5. The number of halogens is 9. The van der Waals surface area contributed by atoms with Crippen LogP contribution in [0.2, 0.25) is 5.02 Å². The molecule has 0 radical (unpaired) electrons. The molecular formula is C41H36ClF8N7O5S2. The molecule has 23 heteroatoms. The minimum Gasteiger partial charge on any atom is -0.346 e. The van der Waals surface area contributed by atoms with Crippen LogP contribution in [-0.2, 0) is 50.1 Å². The molecule has 340 valence electrons. The fraction of sp³-hybridized carbons (Fsp3) is 0.415. The average molecular weight is 958 g/mol. The van der Waals surface area contributed by atoms with Crippen molar-refractivity contribution < 1.29 is 56.8 Å². The molecule has 3 aromatic heterocycles. The summed E-state index contributed by atoms with van der Waals surface area (Å²) in [6.07, 6.45) is -5.19. The van der Waals surface area contributed by atoms with Crippen molar-refractivity contribution in [1.82, 2.24) is 29.9 Å². The fourth-order valence-electron chi connectivity index (χ4n) is 7.91. The third-order valence-electron chi connectivity index (χ3n) is 11.5. The van der Waals surface area contributed by atoms with Gasteiger partial charge in [0, 0.05) is 34.9 Å². The molecule has 2 aromatic carbocycles. The summed E-state index contributed by atoms with van der Waals surface area (Å²) in [4.78, 5) is 18.7. The Hall–Kier alpha value is -5.27. The maximum Gasteiger partial charge on any atom is 0.293 e. The molecule has 1 amide bonds. The first-order valence-electron chi connectivity index (χ1n) is 19.6. The van der Waals surface area contributed by atoms with Crippen molar-refractivity contribution in [3.63, 3.8) is 0 Å². The maximum atomic E-state index is 15.5. The van der Waals surface area contributed by atoms with Crippen molar-refractivity contribution in [3.05, 3.63) is 93.0 Å². The summed E-state index contributed by atoms with van der Waals surface area (Å²) in [7, 11) is -7.83. The largest absolute Gasteiger partial charge is 0.346 e. The molecule has 0 saturated heterocycles. The SMILES string of the molecule is CC(C)(C#Cc1ccc(-c2ccc(Cl)c3c(NS(=O)(=O)C4CC4)nn(CC(F)F)c23)c([C@H](Cc2cc(F)cc(F)c2)NC(=O)Cn2nc(C(F)F)c3c2C(F)(F)[C@@H]2C[C@H]32)n1)S(C)(=O)=O. The number of sulfone groups is 1. The summed E-state index contributed by atoms with van der Waals surface area (Å²) in [5.41, 5.74) is -2.62. The number of amides is 1. The zero-order valence-corrected chi connectivity index (χ0v) is 36.1. The number of sulfonamides is 1. The van der Waals surface area contributed by atoms with Gasteiger partial charge in [-0.3, -0.25) is 18.9 Å². The average Bonchev–Trinajstić information content (AvgIpc) is 4.10. The first-order chi connectivity index (χ1) is 29.9. The Bertz CT molecular complexity index is 3020. The van der Waals surface area contributed by atoms with Crippen LogP contribution in [0.15, 0.2) is 42.5 Å². The number of nitrogens with zero attached hydrogens (tertiary/aromatic N) is 5. The quantitative estimate of drug-likeness (QED) is 0.0843. The van der Waals surface area contributed by atoms with Crippen molar-refractivity contribution in [1.29, 1.82) is 0 Å². The van der Waals surface area contributed by atoms with Crippen LogP contribution in [0.1, 0.15) is 85.4 Å². The minimum absolute atomic E-state index is 0.00429. The van der Waals surface area contributed by atoms with E-state index in [4.69, 9.17) is 11.6 Å². The Morgan fingerprint density at radius 1 is 0.969 bits per heavy atom. The normalized spacial score (nSPS) is 18.5. The van der Waals surface area contributed by atoms with Gasteiger partial charge in [-0.05, 0) is 87.3 Å². The van der Waals surface area contributed by atoms with E-state index in [1.54, 1.807) is 0 Å². The van der Waals surface area contributed by atoms with Gasteiger partial charge in [-0.1, -0.05) is 23.6 Å². The highest BCUT2D eigenvalue weighted by molar-refractivity contribution is 7.93. The van der Waals surface area contributed by atoms with E-state index >= 15 is 8.78 Å². The molecule has 3 atom stereocenters. The summed E-state index contributed by atoms with van der Waals surface area (Å²) < 4.78 is 170. The molecule has 0 aliphatic heterocycles. The Labute approximate surface area is 365 Å². The van der Waals surface area contributed by atoms with Crippen LogP contribution in [0.5, 0.6) is 0 Å². The lowest BCUT2D eigenvalue weighted by atomic mass is 9.93. The van der Waals surface area contributed by atoms with E-state index in [9.17, 15) is 48.0 Å². The van der Waals surface area contributed by atoms with E-state index in [2.05, 4.69) is 37.1 Å². The van der Waals surface area contributed by atoms with E-state index in [0.29, 0.717) is 23.6 Å². The summed E-state index contributed by atoms with van der Waals surface area (Å²) >= 11 is 6.62. The van der Waals surface area contributed by atoms with Gasteiger partial charge < -0.3 is 5.32 Å². The smallest absolute Gasteiger partial charge is 0.293 e. The van der Waals surface area contributed by atoms with Crippen molar-refractivity contribution >= 4 is 54.1 Å². The molecule has 64 heavy (non-hydrogen) atoms. The topological polar surface area (TPSA) is 158 Å². The molecule has 2 fully saturated rings. The van der Waals surface area contributed by atoms with Gasteiger partial charge in [0.25, 0.3) is 18.8 Å². The number of fused-ring (bicyclic) bond motifs is 4. The number of rotatable bonds is 14. The highest BCUT2D eigenvalue weighted by atomic mass is 35.5. The molecule has 0 bridgehead atoms. The van der Waals surface area contributed by atoms with Crippen LogP contribution < -0.4 is 10.0 Å². The molecule has 0 unspecified atom stereocenters. The zero-order chi connectivity index (χ0) is 46.4. The van der Waals surface area contributed by atoms with E-state index in [1.807, 2.05) is 0 Å². The van der Waals surface area contributed by atoms with Crippen LogP contribution in [0.25, 0.3) is 22.0 Å². The Morgan fingerprint density at radius 3 is 2.27 bits per heavy atom. The minimum atomic E-state index is -4.04. The highest BCUT2D eigenvalue weighted by Gasteiger charge is 2.67. The van der Waals surface area contributed by atoms with Gasteiger partial charge in [0.1, 0.15) is 46.6 Å². The van der Waals surface area contributed by atoms with Crippen LogP contribution in [0.3, 0.4) is 0 Å². The van der Waals surface area contributed by atoms with Crippen molar-refractivity contribution in [3.8, 4) is 23.0 Å². The third kappa shape index (κ3) is 8.53. The molecular weight excluding hydrogens is 922 g/mol. The van der Waals surface area contributed by atoms with E-state index < -0.39 is 115 Å². The summed E-state index contributed by atoms with van der Waals surface area (Å²) in [6.45, 7) is 0.542. The molecule has 12 nitrogen and oxygen atoms in total. The van der Waals surface area contributed by atoms with E-state index in [0.717, 1.165) is 23.1 Å².